The Bertz CT molecular complexity index is 1670. The number of halogens is 1. The second-order valence-electron chi connectivity index (χ2n) is 9.39. The van der Waals surface area contributed by atoms with Crippen LogP contribution in [0.1, 0.15) is 55.8 Å². The molecule has 0 radical (unpaired) electrons. The monoisotopic (exact) mass is 590 g/mol. The van der Waals surface area contributed by atoms with Crippen LogP contribution in [0, 0.1) is 0 Å². The number of rotatable bonds is 8. The molecule has 1 aliphatic heterocycles. The Morgan fingerprint density at radius 1 is 1.07 bits per heavy atom. The maximum atomic E-state index is 13.8. The number of pyridine rings is 1. The molecule has 0 aliphatic carbocycles. The van der Waals surface area contributed by atoms with E-state index < -0.39 is 17.8 Å². The zero-order valence-corrected chi connectivity index (χ0v) is 23.7. The number of amides is 2. The molecule has 0 spiro atoms. The van der Waals surface area contributed by atoms with Crippen LogP contribution in [0.3, 0.4) is 0 Å². The van der Waals surface area contributed by atoms with Crippen LogP contribution >= 0.6 is 22.9 Å². The predicted molar refractivity (Wildman–Crippen MR) is 159 cm³/mol. The summed E-state index contributed by atoms with van der Waals surface area (Å²) >= 11 is 7.96. The molecule has 3 heterocycles. The molecule has 0 bridgehead atoms. The van der Waals surface area contributed by atoms with Crippen molar-refractivity contribution in [2.45, 2.75) is 26.3 Å². The van der Waals surface area contributed by atoms with Crippen LogP contribution < -0.4 is 21.1 Å². The number of fused-ring (bicyclic) bond motifs is 3. The van der Waals surface area contributed by atoms with Crippen LogP contribution in [0.5, 0.6) is 5.75 Å². The average Bonchev–Trinajstić information content (AvgIpc) is 3.37. The Hall–Kier alpha value is -4.25. The van der Waals surface area contributed by atoms with E-state index in [0.717, 1.165) is 21.6 Å². The van der Waals surface area contributed by atoms with Crippen molar-refractivity contribution in [1.29, 1.82) is 0 Å². The average molecular weight is 591 g/mol. The Balaban J connectivity index is 1.66. The lowest BCUT2D eigenvalue weighted by molar-refractivity contribution is 0.0691. The minimum absolute atomic E-state index is 0.0355. The number of hydrogen-bond acceptors (Lipinski definition) is 7. The maximum absolute atomic E-state index is 13.8. The molecule has 2 amide bonds. The van der Waals surface area contributed by atoms with E-state index in [4.69, 9.17) is 22.1 Å². The van der Waals surface area contributed by atoms with Crippen LogP contribution in [0.2, 0.25) is 5.02 Å². The molecule has 41 heavy (non-hydrogen) atoms. The third-order valence-electron chi connectivity index (χ3n) is 6.66. The SMILES string of the molecule is CCCNC(=O)c1ccc(-c2cc3c(cc2C(=O)Nc2ccc(CN)cc2Cl)-c2sccc2CCO3)c(C(=O)O)n1. The van der Waals surface area contributed by atoms with E-state index in [9.17, 15) is 19.5 Å². The zero-order valence-electron chi connectivity index (χ0n) is 22.1. The highest BCUT2D eigenvalue weighted by Gasteiger charge is 2.26. The van der Waals surface area contributed by atoms with Crippen molar-refractivity contribution in [3.05, 3.63) is 87.0 Å². The fraction of sp³-hybridized carbons (Fsp3) is 0.200. The third-order valence-corrected chi connectivity index (χ3v) is 7.96. The number of carboxylic acids is 1. The highest BCUT2D eigenvalue weighted by Crippen LogP contribution is 2.43. The number of aromatic nitrogens is 1. The fourth-order valence-electron chi connectivity index (χ4n) is 4.60. The van der Waals surface area contributed by atoms with Gasteiger partial charge in [-0.1, -0.05) is 24.6 Å². The van der Waals surface area contributed by atoms with Crippen molar-refractivity contribution in [3.63, 3.8) is 0 Å². The lowest BCUT2D eigenvalue weighted by atomic mass is 9.93. The van der Waals surface area contributed by atoms with Gasteiger partial charge in [0, 0.05) is 46.6 Å². The van der Waals surface area contributed by atoms with Crippen molar-refractivity contribution in [2.75, 3.05) is 18.5 Å². The van der Waals surface area contributed by atoms with E-state index in [1.807, 2.05) is 18.4 Å². The summed E-state index contributed by atoms with van der Waals surface area (Å²) in [5.74, 6) is -1.81. The fourth-order valence-corrected chi connectivity index (χ4v) is 5.83. The number of anilines is 1. The Morgan fingerprint density at radius 3 is 2.63 bits per heavy atom. The van der Waals surface area contributed by atoms with Gasteiger partial charge in [0.1, 0.15) is 11.4 Å². The number of thiophene rings is 1. The van der Waals surface area contributed by atoms with Gasteiger partial charge in [0.05, 0.1) is 17.3 Å². The van der Waals surface area contributed by atoms with Crippen LogP contribution in [0.15, 0.2) is 53.9 Å². The lowest BCUT2D eigenvalue weighted by Crippen LogP contribution is -2.25. The molecule has 0 atom stereocenters. The molecular formula is C30H27ClN4O5S. The standard InChI is InChI=1S/C30H27ClN4O5S/c1-2-9-33-29(37)24-6-4-18(26(34-24)30(38)39)19-14-25-21(27-17(7-10-40-25)8-11-41-27)13-20(19)28(36)35-23-5-3-16(15-32)12-22(23)31/h3-6,8,11-14H,2,7,9-10,15,32H2,1H3,(H,33,37)(H,35,36)(H,38,39). The topological polar surface area (TPSA) is 144 Å². The number of benzene rings is 2. The first-order chi connectivity index (χ1) is 19.8. The second kappa shape index (κ2) is 12.1. The summed E-state index contributed by atoms with van der Waals surface area (Å²) in [5, 5.41) is 17.9. The zero-order chi connectivity index (χ0) is 29.1. The molecule has 5 rings (SSSR count). The lowest BCUT2D eigenvalue weighted by Gasteiger charge is -2.17. The van der Waals surface area contributed by atoms with E-state index in [1.165, 1.54) is 23.5 Å². The van der Waals surface area contributed by atoms with Gasteiger partial charge in [0.25, 0.3) is 11.8 Å². The van der Waals surface area contributed by atoms with Gasteiger partial charge in [-0.15, -0.1) is 11.3 Å². The van der Waals surface area contributed by atoms with Gasteiger partial charge in [-0.2, -0.15) is 0 Å². The molecule has 5 N–H and O–H groups in total. The van der Waals surface area contributed by atoms with Crippen molar-refractivity contribution in [1.82, 2.24) is 10.3 Å². The van der Waals surface area contributed by atoms with Crippen LogP contribution in [0.25, 0.3) is 21.6 Å². The molecule has 0 saturated carbocycles. The molecule has 2 aromatic carbocycles. The molecular weight excluding hydrogens is 564 g/mol. The number of aromatic carboxylic acids is 1. The highest BCUT2D eigenvalue weighted by atomic mass is 35.5. The summed E-state index contributed by atoms with van der Waals surface area (Å²) in [7, 11) is 0. The molecule has 210 valence electrons. The van der Waals surface area contributed by atoms with E-state index >= 15 is 0 Å². The van der Waals surface area contributed by atoms with E-state index in [0.29, 0.717) is 54.6 Å². The molecule has 1 aliphatic rings. The minimum atomic E-state index is -1.34. The van der Waals surface area contributed by atoms with Crippen molar-refractivity contribution >= 4 is 46.4 Å². The number of nitrogens with one attached hydrogen (secondary N) is 2. The molecule has 0 unspecified atom stereocenters. The van der Waals surface area contributed by atoms with E-state index in [-0.39, 0.29) is 22.5 Å². The van der Waals surface area contributed by atoms with Gasteiger partial charge in [0.15, 0.2) is 5.69 Å². The van der Waals surface area contributed by atoms with Gasteiger partial charge in [-0.05, 0) is 65.4 Å². The summed E-state index contributed by atoms with van der Waals surface area (Å²) in [6.45, 7) is 3.05. The third kappa shape index (κ3) is 5.81. The summed E-state index contributed by atoms with van der Waals surface area (Å²) in [6.07, 6.45) is 1.41. The van der Waals surface area contributed by atoms with Gasteiger partial charge >= 0.3 is 5.97 Å². The van der Waals surface area contributed by atoms with Crippen molar-refractivity contribution in [3.8, 4) is 27.3 Å². The number of ether oxygens (including phenoxy) is 1. The molecule has 11 heteroatoms. The van der Waals surface area contributed by atoms with Crippen LogP contribution in [0.4, 0.5) is 5.69 Å². The Morgan fingerprint density at radius 2 is 1.90 bits per heavy atom. The smallest absolute Gasteiger partial charge is 0.355 e. The minimum Gasteiger partial charge on any atom is -0.493 e. The molecule has 2 aromatic heterocycles. The summed E-state index contributed by atoms with van der Waals surface area (Å²) in [4.78, 5) is 43.9. The quantitative estimate of drug-likeness (QED) is 0.209. The number of carbonyl (C=O) groups excluding carboxylic acids is 2. The first kappa shape index (κ1) is 28.3. The summed E-state index contributed by atoms with van der Waals surface area (Å²) in [6, 6.07) is 13.4. The first-order valence-electron chi connectivity index (χ1n) is 13.0. The normalized spacial score (nSPS) is 12.0. The maximum Gasteiger partial charge on any atom is 0.355 e. The van der Waals surface area contributed by atoms with Gasteiger partial charge in [-0.3, -0.25) is 9.59 Å². The molecule has 0 fully saturated rings. The van der Waals surface area contributed by atoms with Crippen LogP contribution in [-0.2, 0) is 13.0 Å². The molecule has 0 saturated heterocycles. The summed E-state index contributed by atoms with van der Waals surface area (Å²) < 4.78 is 6.07. The van der Waals surface area contributed by atoms with Crippen molar-refractivity contribution in [2.24, 2.45) is 5.73 Å². The van der Waals surface area contributed by atoms with E-state index in [2.05, 4.69) is 15.6 Å². The highest BCUT2D eigenvalue weighted by molar-refractivity contribution is 7.13. The van der Waals surface area contributed by atoms with Crippen LogP contribution in [-0.4, -0.2) is 41.0 Å². The molecule has 4 aromatic rings. The second-order valence-corrected chi connectivity index (χ2v) is 10.7. The van der Waals surface area contributed by atoms with Gasteiger partial charge in [0.2, 0.25) is 0 Å². The number of carboxylic acid groups (broad SMARTS) is 1. The Kier molecular flexibility index (Phi) is 8.34. The number of hydrogen-bond donors (Lipinski definition) is 4. The summed E-state index contributed by atoms with van der Waals surface area (Å²) in [5.41, 5.74) is 8.98. The Labute approximate surface area is 245 Å². The predicted octanol–water partition coefficient (Wildman–Crippen LogP) is 5.61. The largest absolute Gasteiger partial charge is 0.493 e. The van der Waals surface area contributed by atoms with Crippen molar-refractivity contribution < 1.29 is 24.2 Å². The molecule has 9 nitrogen and oxygen atoms in total. The number of carbonyl (C=O) groups is 3. The van der Waals surface area contributed by atoms with Gasteiger partial charge < -0.3 is 26.2 Å². The first-order valence-corrected chi connectivity index (χ1v) is 14.3. The number of nitrogens with zero attached hydrogens (tertiary/aromatic N) is 1. The number of nitrogens with two attached hydrogens (primary N) is 1. The van der Waals surface area contributed by atoms with E-state index in [1.54, 1.807) is 30.3 Å². The van der Waals surface area contributed by atoms with Gasteiger partial charge in [-0.25, -0.2) is 9.78 Å².